The number of alkyl halides is 2. The molecule has 0 saturated heterocycles. The van der Waals surface area contributed by atoms with Crippen molar-refractivity contribution in [1.29, 1.82) is 0 Å². The van der Waals surface area contributed by atoms with E-state index < -0.39 is 17.6 Å². The number of carbonyl (C=O) groups excluding carboxylic acids is 1. The summed E-state index contributed by atoms with van der Waals surface area (Å²) in [4.78, 5) is 10.5. The number of hydrogen-bond donors (Lipinski definition) is 3. The second kappa shape index (κ2) is 6.11. The van der Waals surface area contributed by atoms with Gasteiger partial charge in [0.05, 0.1) is 5.75 Å². The molecular weight excluding hydrogens is 200 g/mol. The van der Waals surface area contributed by atoms with Gasteiger partial charge in [0, 0.05) is 0 Å². The lowest BCUT2D eigenvalue weighted by atomic mass is 10.4. The van der Waals surface area contributed by atoms with E-state index in [1.807, 2.05) is 0 Å². The van der Waals surface area contributed by atoms with E-state index in [1.165, 1.54) is 5.43 Å². The molecule has 0 aliphatic heterocycles. The summed E-state index contributed by atoms with van der Waals surface area (Å²) < 4.78 is 25.4. The monoisotopic (exact) mass is 213 g/mol. The normalized spacial score (nSPS) is 11.4. The van der Waals surface area contributed by atoms with Crippen molar-refractivity contribution in [1.82, 2.24) is 5.43 Å². The Hall–Kier alpha value is -0.400. The third kappa shape index (κ3) is 5.02. The van der Waals surface area contributed by atoms with Gasteiger partial charge in [0.2, 0.25) is 0 Å². The molecule has 0 bridgehead atoms. The number of hydrazine groups is 1. The number of thioether (sulfide) groups is 1. The number of halogens is 2. The molecule has 0 unspecified atom stereocenters. The topological polar surface area (TPSA) is 81.1 Å². The van der Waals surface area contributed by atoms with Gasteiger partial charge in [-0.15, -0.1) is 0 Å². The predicted octanol–water partition coefficient (Wildman–Crippen LogP) is -0.306. The van der Waals surface area contributed by atoms with Crippen molar-refractivity contribution in [2.75, 3.05) is 18.1 Å². The quantitative estimate of drug-likeness (QED) is 0.245. The zero-order chi connectivity index (χ0) is 10.3. The van der Waals surface area contributed by atoms with E-state index >= 15 is 0 Å². The molecule has 0 aromatic rings. The summed E-state index contributed by atoms with van der Waals surface area (Å²) in [5, 5.41) is 0. The van der Waals surface area contributed by atoms with E-state index in [1.54, 1.807) is 0 Å². The van der Waals surface area contributed by atoms with Gasteiger partial charge in [0.25, 0.3) is 0 Å². The van der Waals surface area contributed by atoms with Gasteiger partial charge in [-0.05, 0) is 18.7 Å². The second-order valence-electron chi connectivity index (χ2n) is 2.37. The van der Waals surface area contributed by atoms with Crippen LogP contribution in [0.1, 0.15) is 6.42 Å². The van der Waals surface area contributed by atoms with Crippen molar-refractivity contribution in [2.45, 2.75) is 12.3 Å². The van der Waals surface area contributed by atoms with Gasteiger partial charge in [0.15, 0.2) is 0 Å². The molecule has 78 valence electrons. The summed E-state index contributed by atoms with van der Waals surface area (Å²) in [5.74, 6) is -0.308. The van der Waals surface area contributed by atoms with E-state index in [9.17, 15) is 13.6 Å². The van der Waals surface area contributed by atoms with Crippen LogP contribution in [-0.4, -0.2) is 29.9 Å². The lowest BCUT2D eigenvalue weighted by Gasteiger charge is -2.13. The Balaban J connectivity index is 3.69. The molecule has 4 nitrogen and oxygen atoms in total. The van der Waals surface area contributed by atoms with Crippen LogP contribution in [0.3, 0.4) is 0 Å². The second-order valence-corrected chi connectivity index (χ2v) is 3.48. The van der Waals surface area contributed by atoms with Crippen LogP contribution in [0.4, 0.5) is 8.78 Å². The number of rotatable bonds is 6. The SMILES string of the molecule is NCCCSCC(F)(F)C(=O)NN. The van der Waals surface area contributed by atoms with Crippen LogP contribution in [0.2, 0.25) is 0 Å². The maximum Gasteiger partial charge on any atom is 0.334 e. The number of nitrogens with one attached hydrogen (secondary N) is 1. The molecule has 0 aliphatic carbocycles. The molecule has 1 amide bonds. The Morgan fingerprint density at radius 1 is 1.54 bits per heavy atom. The average Bonchev–Trinajstić information content (AvgIpc) is 2.11. The Morgan fingerprint density at radius 2 is 2.15 bits per heavy atom. The molecule has 13 heavy (non-hydrogen) atoms. The van der Waals surface area contributed by atoms with Crippen molar-refractivity contribution < 1.29 is 13.6 Å². The minimum Gasteiger partial charge on any atom is -0.330 e. The van der Waals surface area contributed by atoms with Gasteiger partial charge in [-0.2, -0.15) is 20.5 Å². The molecule has 0 aliphatic rings. The van der Waals surface area contributed by atoms with Crippen LogP contribution in [0.15, 0.2) is 0 Å². The van der Waals surface area contributed by atoms with Gasteiger partial charge in [-0.1, -0.05) is 0 Å². The first-order valence-corrected chi connectivity index (χ1v) is 4.86. The molecule has 7 heteroatoms. The van der Waals surface area contributed by atoms with Crippen LogP contribution < -0.4 is 17.0 Å². The molecule has 0 fully saturated rings. The standard InChI is InChI=1S/C6H13F2N3OS/c7-6(8,5(12)11-10)4-13-3-1-2-9/h1-4,9-10H2,(H,11,12). The van der Waals surface area contributed by atoms with Crippen molar-refractivity contribution in [3.05, 3.63) is 0 Å². The molecule has 0 aromatic heterocycles. The third-order valence-corrected chi connectivity index (χ3v) is 2.38. The van der Waals surface area contributed by atoms with Gasteiger partial charge in [-0.25, -0.2) is 5.84 Å². The van der Waals surface area contributed by atoms with E-state index in [-0.39, 0.29) is 0 Å². The third-order valence-electron chi connectivity index (χ3n) is 1.24. The van der Waals surface area contributed by atoms with Crippen LogP contribution in [-0.2, 0) is 4.79 Å². The molecule has 0 heterocycles. The average molecular weight is 213 g/mol. The van der Waals surface area contributed by atoms with Crippen LogP contribution in [0.25, 0.3) is 0 Å². The fourth-order valence-corrected chi connectivity index (χ4v) is 1.46. The minimum absolute atomic E-state index is 0.460. The number of hydrogen-bond acceptors (Lipinski definition) is 4. The van der Waals surface area contributed by atoms with Crippen molar-refractivity contribution in [3.8, 4) is 0 Å². The number of carbonyl (C=O) groups is 1. The molecule has 0 spiro atoms. The van der Waals surface area contributed by atoms with Crippen LogP contribution in [0, 0.1) is 0 Å². The lowest BCUT2D eigenvalue weighted by Crippen LogP contribution is -2.45. The Bertz CT molecular complexity index is 168. The Labute approximate surface area is 79.4 Å². The van der Waals surface area contributed by atoms with E-state index in [0.717, 1.165) is 11.8 Å². The maximum atomic E-state index is 12.7. The van der Waals surface area contributed by atoms with Crippen molar-refractivity contribution in [3.63, 3.8) is 0 Å². The van der Waals surface area contributed by atoms with Crippen LogP contribution in [0.5, 0.6) is 0 Å². The molecule has 0 atom stereocenters. The van der Waals surface area contributed by atoms with Gasteiger partial charge in [0.1, 0.15) is 0 Å². The van der Waals surface area contributed by atoms with Gasteiger partial charge in [-0.3, -0.25) is 10.2 Å². The molecule has 0 aromatic carbocycles. The summed E-state index contributed by atoms with van der Waals surface area (Å²) in [6.45, 7) is 0.460. The first-order chi connectivity index (χ1) is 6.04. The molecule has 0 saturated carbocycles. The number of amides is 1. The summed E-state index contributed by atoms with van der Waals surface area (Å²) in [6, 6.07) is 0. The highest BCUT2D eigenvalue weighted by molar-refractivity contribution is 7.99. The molecule has 5 N–H and O–H groups in total. The summed E-state index contributed by atoms with van der Waals surface area (Å²) in [7, 11) is 0. The highest BCUT2D eigenvalue weighted by atomic mass is 32.2. The smallest absolute Gasteiger partial charge is 0.330 e. The fourth-order valence-electron chi connectivity index (χ4n) is 0.557. The predicted molar refractivity (Wildman–Crippen MR) is 48.3 cm³/mol. The number of nitrogens with two attached hydrogens (primary N) is 2. The lowest BCUT2D eigenvalue weighted by molar-refractivity contribution is -0.142. The van der Waals surface area contributed by atoms with E-state index in [4.69, 9.17) is 5.73 Å². The summed E-state index contributed by atoms with van der Waals surface area (Å²) >= 11 is 0.982. The molecule has 0 rings (SSSR count). The van der Waals surface area contributed by atoms with Crippen molar-refractivity contribution >= 4 is 17.7 Å². The Kier molecular flexibility index (Phi) is 5.93. The van der Waals surface area contributed by atoms with Crippen LogP contribution >= 0.6 is 11.8 Å². The Morgan fingerprint density at radius 3 is 2.62 bits per heavy atom. The first-order valence-electron chi connectivity index (χ1n) is 3.71. The summed E-state index contributed by atoms with van der Waals surface area (Å²) in [5.41, 5.74) is 6.58. The zero-order valence-corrected chi connectivity index (χ0v) is 7.87. The van der Waals surface area contributed by atoms with E-state index in [0.29, 0.717) is 18.7 Å². The summed E-state index contributed by atoms with van der Waals surface area (Å²) in [6.07, 6.45) is 0.658. The van der Waals surface area contributed by atoms with Gasteiger partial charge >= 0.3 is 11.8 Å². The highest BCUT2D eigenvalue weighted by Crippen LogP contribution is 2.20. The minimum atomic E-state index is -3.39. The highest BCUT2D eigenvalue weighted by Gasteiger charge is 2.37. The first kappa shape index (κ1) is 12.6. The molecule has 0 radical (unpaired) electrons. The zero-order valence-electron chi connectivity index (χ0n) is 7.06. The van der Waals surface area contributed by atoms with Gasteiger partial charge < -0.3 is 5.73 Å². The largest absolute Gasteiger partial charge is 0.334 e. The molecular formula is C6H13F2N3OS. The maximum absolute atomic E-state index is 12.7. The van der Waals surface area contributed by atoms with Crippen molar-refractivity contribution in [2.24, 2.45) is 11.6 Å². The fraction of sp³-hybridized carbons (Fsp3) is 0.833. The van der Waals surface area contributed by atoms with E-state index in [2.05, 4.69) is 5.84 Å².